The van der Waals surface area contributed by atoms with E-state index in [1.807, 2.05) is 23.8 Å². The highest BCUT2D eigenvalue weighted by Crippen LogP contribution is 1.93. The number of carbonyl (C=O) groups excluding carboxylic acids is 1. The molecule has 1 saturated heterocycles. The van der Waals surface area contributed by atoms with Crippen molar-refractivity contribution in [1.82, 2.24) is 15.3 Å². The molecule has 0 saturated carbocycles. The molecule has 1 aliphatic heterocycles. The van der Waals surface area contributed by atoms with Crippen LogP contribution in [0, 0.1) is 0 Å². The van der Waals surface area contributed by atoms with Crippen LogP contribution in [0.2, 0.25) is 0 Å². The number of rotatable bonds is 5. The van der Waals surface area contributed by atoms with Gasteiger partial charge in [0.25, 0.3) is 0 Å². The van der Waals surface area contributed by atoms with Gasteiger partial charge in [0.15, 0.2) is 0 Å². The first-order valence-electron chi connectivity index (χ1n) is 5.61. The van der Waals surface area contributed by atoms with Gasteiger partial charge in [0.1, 0.15) is 0 Å². The van der Waals surface area contributed by atoms with Crippen LogP contribution in [0.3, 0.4) is 0 Å². The molecule has 0 bridgehead atoms. The van der Waals surface area contributed by atoms with Gasteiger partial charge in [0, 0.05) is 26.2 Å². The summed E-state index contributed by atoms with van der Waals surface area (Å²) in [6.45, 7) is 9.13. The summed E-state index contributed by atoms with van der Waals surface area (Å²) in [6.07, 6.45) is 0. The van der Waals surface area contributed by atoms with E-state index >= 15 is 0 Å². The fraction of sp³-hybridized carbons (Fsp3) is 0.900. The smallest absolute Gasteiger partial charge is 0.237 e. The van der Waals surface area contributed by atoms with Gasteiger partial charge >= 0.3 is 0 Å². The second kappa shape index (κ2) is 6.76. The Bertz CT molecular complexity index is 189. The van der Waals surface area contributed by atoms with Crippen molar-refractivity contribution in [3.8, 4) is 0 Å². The highest BCUT2D eigenvalue weighted by atomic mass is 16.5. The van der Waals surface area contributed by atoms with Crippen molar-refractivity contribution in [2.75, 3.05) is 45.9 Å². The van der Waals surface area contributed by atoms with Gasteiger partial charge in [-0.3, -0.25) is 4.79 Å². The lowest BCUT2D eigenvalue weighted by molar-refractivity contribution is -0.131. The Morgan fingerprint density at radius 2 is 1.93 bits per heavy atom. The van der Waals surface area contributed by atoms with E-state index in [1.54, 1.807) is 0 Å². The summed E-state index contributed by atoms with van der Waals surface area (Å²) < 4.78 is 5.22. The molecule has 15 heavy (non-hydrogen) atoms. The molecule has 5 heteroatoms. The molecule has 0 aromatic heterocycles. The van der Waals surface area contributed by atoms with Crippen LogP contribution in [-0.2, 0) is 9.53 Å². The molecule has 0 unspecified atom stereocenters. The second-order valence-corrected chi connectivity index (χ2v) is 3.50. The van der Waals surface area contributed by atoms with Crippen molar-refractivity contribution in [3.05, 3.63) is 0 Å². The van der Waals surface area contributed by atoms with Crippen molar-refractivity contribution < 1.29 is 9.53 Å². The van der Waals surface area contributed by atoms with E-state index in [4.69, 9.17) is 4.74 Å². The van der Waals surface area contributed by atoms with Crippen LogP contribution in [0.5, 0.6) is 0 Å². The number of morpholine rings is 1. The number of hydrogen-bond donors (Lipinski definition) is 1. The average Bonchev–Trinajstić information content (AvgIpc) is 2.29. The van der Waals surface area contributed by atoms with Gasteiger partial charge in [-0.1, -0.05) is 0 Å². The molecule has 0 aliphatic carbocycles. The summed E-state index contributed by atoms with van der Waals surface area (Å²) in [6, 6.07) is 0. The zero-order chi connectivity index (χ0) is 11.1. The van der Waals surface area contributed by atoms with E-state index < -0.39 is 0 Å². The van der Waals surface area contributed by atoms with E-state index in [9.17, 15) is 4.79 Å². The number of carbonyl (C=O) groups is 1. The Kier molecular flexibility index (Phi) is 5.60. The van der Waals surface area contributed by atoms with Crippen molar-refractivity contribution in [2.24, 2.45) is 0 Å². The van der Waals surface area contributed by atoms with Gasteiger partial charge in [0.05, 0.1) is 19.8 Å². The number of amides is 1. The van der Waals surface area contributed by atoms with Crippen LogP contribution in [0.15, 0.2) is 0 Å². The Labute approximate surface area is 91.3 Å². The van der Waals surface area contributed by atoms with Crippen LogP contribution in [0.25, 0.3) is 0 Å². The highest BCUT2D eigenvalue weighted by Gasteiger charge is 2.13. The number of ether oxygens (including phenoxy) is 1. The van der Waals surface area contributed by atoms with Crippen LogP contribution in [0.1, 0.15) is 13.8 Å². The minimum absolute atomic E-state index is 0.159. The minimum Gasteiger partial charge on any atom is -0.379 e. The van der Waals surface area contributed by atoms with E-state index in [0.29, 0.717) is 6.54 Å². The Morgan fingerprint density at radius 1 is 1.33 bits per heavy atom. The molecule has 0 atom stereocenters. The normalized spacial score (nSPS) is 17.7. The fourth-order valence-electron chi connectivity index (χ4n) is 1.59. The summed E-state index contributed by atoms with van der Waals surface area (Å²) in [5, 5.41) is 2.05. The lowest BCUT2D eigenvalue weighted by Gasteiger charge is -2.28. The first-order valence-corrected chi connectivity index (χ1v) is 5.61. The summed E-state index contributed by atoms with van der Waals surface area (Å²) in [4.78, 5) is 13.5. The standard InChI is InChI=1S/C10H21N3O2/c1-3-12(4-2)10(14)9-11-13-5-7-15-8-6-13/h11H,3-9H2,1-2H3. The van der Waals surface area contributed by atoms with E-state index in [2.05, 4.69) is 5.43 Å². The number of nitrogens with zero attached hydrogens (tertiary/aromatic N) is 2. The van der Waals surface area contributed by atoms with Crippen LogP contribution in [-0.4, -0.2) is 61.8 Å². The van der Waals surface area contributed by atoms with Gasteiger partial charge in [-0.2, -0.15) is 0 Å². The predicted molar refractivity (Wildman–Crippen MR) is 58.3 cm³/mol. The number of hydrazine groups is 1. The predicted octanol–water partition coefficient (Wildman–Crippen LogP) is -0.308. The molecular formula is C10H21N3O2. The molecule has 0 aromatic rings. The van der Waals surface area contributed by atoms with E-state index in [1.165, 1.54) is 0 Å². The Morgan fingerprint density at radius 3 is 2.47 bits per heavy atom. The molecule has 1 heterocycles. The Hall–Kier alpha value is -0.650. The van der Waals surface area contributed by atoms with Crippen molar-refractivity contribution in [1.29, 1.82) is 0 Å². The molecule has 88 valence electrons. The zero-order valence-corrected chi connectivity index (χ0v) is 9.66. The summed E-state index contributed by atoms with van der Waals surface area (Å²) in [7, 11) is 0. The van der Waals surface area contributed by atoms with Crippen LogP contribution >= 0.6 is 0 Å². The van der Waals surface area contributed by atoms with Crippen molar-refractivity contribution in [3.63, 3.8) is 0 Å². The quantitative estimate of drug-likeness (QED) is 0.683. The largest absolute Gasteiger partial charge is 0.379 e. The molecular weight excluding hydrogens is 194 g/mol. The van der Waals surface area contributed by atoms with E-state index in [0.717, 1.165) is 39.4 Å². The third-order valence-corrected chi connectivity index (χ3v) is 2.58. The van der Waals surface area contributed by atoms with Crippen molar-refractivity contribution >= 4 is 5.91 Å². The minimum atomic E-state index is 0.159. The third kappa shape index (κ3) is 4.15. The maximum Gasteiger partial charge on any atom is 0.237 e. The lowest BCUT2D eigenvalue weighted by Crippen LogP contribution is -2.49. The van der Waals surface area contributed by atoms with Gasteiger partial charge in [-0.05, 0) is 13.8 Å². The highest BCUT2D eigenvalue weighted by molar-refractivity contribution is 5.78. The average molecular weight is 215 g/mol. The van der Waals surface area contributed by atoms with Gasteiger partial charge < -0.3 is 9.64 Å². The number of nitrogens with one attached hydrogen (secondary N) is 1. The monoisotopic (exact) mass is 215 g/mol. The summed E-state index contributed by atoms with van der Waals surface area (Å²) in [5.41, 5.74) is 3.13. The van der Waals surface area contributed by atoms with Gasteiger partial charge in [-0.25, -0.2) is 10.4 Å². The molecule has 0 aromatic carbocycles. The SMILES string of the molecule is CCN(CC)C(=O)CNN1CCOCC1. The van der Waals surface area contributed by atoms with E-state index in [-0.39, 0.29) is 5.91 Å². The fourth-order valence-corrected chi connectivity index (χ4v) is 1.59. The second-order valence-electron chi connectivity index (χ2n) is 3.50. The lowest BCUT2D eigenvalue weighted by atomic mass is 10.4. The zero-order valence-electron chi connectivity index (χ0n) is 9.66. The molecule has 1 amide bonds. The topological polar surface area (TPSA) is 44.8 Å². The molecule has 1 fully saturated rings. The van der Waals surface area contributed by atoms with Crippen LogP contribution in [0.4, 0.5) is 0 Å². The molecule has 1 N–H and O–H groups in total. The molecule has 0 radical (unpaired) electrons. The van der Waals surface area contributed by atoms with Gasteiger partial charge in [-0.15, -0.1) is 0 Å². The first-order chi connectivity index (χ1) is 7.27. The molecule has 0 spiro atoms. The molecule has 1 aliphatic rings. The molecule has 5 nitrogen and oxygen atoms in total. The van der Waals surface area contributed by atoms with Crippen LogP contribution < -0.4 is 5.43 Å². The summed E-state index contributed by atoms with van der Waals surface area (Å²) >= 11 is 0. The first kappa shape index (κ1) is 12.4. The third-order valence-electron chi connectivity index (χ3n) is 2.58. The van der Waals surface area contributed by atoms with Gasteiger partial charge in [0.2, 0.25) is 5.91 Å². The Balaban J connectivity index is 2.20. The maximum atomic E-state index is 11.7. The molecule has 1 rings (SSSR count). The summed E-state index contributed by atoms with van der Waals surface area (Å²) in [5.74, 6) is 0.159. The number of likely N-dealkylation sites (N-methyl/N-ethyl adjacent to an activating group) is 1. The number of hydrogen-bond acceptors (Lipinski definition) is 4. The maximum absolute atomic E-state index is 11.7. The van der Waals surface area contributed by atoms with Crippen molar-refractivity contribution in [2.45, 2.75) is 13.8 Å².